The van der Waals surface area contributed by atoms with E-state index in [0.717, 1.165) is 11.3 Å². The molecule has 19 heavy (non-hydrogen) atoms. The summed E-state index contributed by atoms with van der Waals surface area (Å²) >= 11 is 0. The van der Waals surface area contributed by atoms with Gasteiger partial charge in [-0.15, -0.1) is 0 Å². The topological polar surface area (TPSA) is 98.2 Å². The van der Waals surface area contributed by atoms with Crippen molar-refractivity contribution in [2.24, 2.45) is 5.14 Å². The third-order valence-electron chi connectivity index (χ3n) is 2.62. The van der Waals surface area contributed by atoms with E-state index in [0.29, 0.717) is 5.69 Å². The molecule has 100 valence electrons. The maximum absolute atomic E-state index is 11.2. The van der Waals surface area contributed by atoms with Crippen molar-refractivity contribution in [2.45, 2.75) is 11.8 Å². The highest BCUT2D eigenvalue weighted by Gasteiger charge is 2.12. The van der Waals surface area contributed by atoms with Gasteiger partial charge in [-0.05, 0) is 42.8 Å². The molecule has 0 bridgehead atoms. The van der Waals surface area contributed by atoms with E-state index in [1.807, 2.05) is 31.2 Å². The summed E-state index contributed by atoms with van der Waals surface area (Å²) in [6, 6.07) is 12.4. The normalized spacial score (nSPS) is 11.3. The van der Waals surface area contributed by atoms with Crippen molar-refractivity contribution in [3.8, 4) is 0 Å². The van der Waals surface area contributed by atoms with Crippen LogP contribution in [0.25, 0.3) is 0 Å². The van der Waals surface area contributed by atoms with Crippen LogP contribution in [0.3, 0.4) is 0 Å². The number of primary sulfonamides is 1. The minimum absolute atomic E-state index is 0.0673. The number of nitrogen functional groups attached to an aromatic ring is 1. The number of hydrogen-bond donors (Lipinski definition) is 3. The van der Waals surface area contributed by atoms with Crippen LogP contribution in [0.1, 0.15) is 5.56 Å². The van der Waals surface area contributed by atoms with Crippen molar-refractivity contribution in [2.75, 3.05) is 11.1 Å². The van der Waals surface area contributed by atoms with E-state index in [2.05, 4.69) is 5.32 Å². The maximum atomic E-state index is 11.2. The molecule has 0 saturated carbocycles. The van der Waals surface area contributed by atoms with Crippen LogP contribution in [0.4, 0.5) is 17.1 Å². The highest BCUT2D eigenvalue weighted by molar-refractivity contribution is 7.89. The Labute approximate surface area is 112 Å². The molecule has 0 saturated heterocycles. The lowest BCUT2D eigenvalue weighted by Crippen LogP contribution is -2.14. The molecular formula is C13H15N3O2S. The highest BCUT2D eigenvalue weighted by atomic mass is 32.2. The molecule has 0 spiro atoms. The van der Waals surface area contributed by atoms with Gasteiger partial charge in [-0.3, -0.25) is 0 Å². The van der Waals surface area contributed by atoms with Crippen LogP contribution < -0.4 is 16.2 Å². The second-order valence-corrected chi connectivity index (χ2v) is 5.82. The fraction of sp³-hybridized carbons (Fsp3) is 0.0769. The van der Waals surface area contributed by atoms with Crippen molar-refractivity contribution in [3.05, 3.63) is 48.0 Å². The first-order valence-corrected chi connectivity index (χ1v) is 7.17. The van der Waals surface area contributed by atoms with E-state index in [9.17, 15) is 8.42 Å². The van der Waals surface area contributed by atoms with E-state index >= 15 is 0 Å². The summed E-state index contributed by atoms with van der Waals surface area (Å²) in [5.41, 5.74) is 8.55. The molecule has 2 aromatic carbocycles. The fourth-order valence-corrected chi connectivity index (χ4v) is 2.42. The molecule has 0 amide bonds. The Morgan fingerprint density at radius 2 is 1.74 bits per heavy atom. The lowest BCUT2D eigenvalue weighted by atomic mass is 10.2. The molecule has 0 atom stereocenters. The number of sulfonamides is 1. The van der Waals surface area contributed by atoms with Gasteiger partial charge in [0.15, 0.2) is 0 Å². The molecule has 0 aliphatic rings. The highest BCUT2D eigenvalue weighted by Crippen LogP contribution is 2.24. The Kier molecular flexibility index (Phi) is 3.46. The summed E-state index contributed by atoms with van der Waals surface area (Å²) in [4.78, 5) is -0.0673. The molecular weight excluding hydrogens is 262 g/mol. The predicted octanol–water partition coefficient (Wildman–Crippen LogP) is 1.97. The molecule has 0 heterocycles. The summed E-state index contributed by atoms with van der Waals surface area (Å²) in [7, 11) is -3.78. The maximum Gasteiger partial charge on any atom is 0.240 e. The summed E-state index contributed by atoms with van der Waals surface area (Å²) in [6.07, 6.45) is 0. The summed E-state index contributed by atoms with van der Waals surface area (Å²) < 4.78 is 22.5. The minimum Gasteiger partial charge on any atom is -0.398 e. The SMILES string of the molecule is Cc1cccc(Nc2ccc(S(N)(=O)=O)c(N)c2)c1. The molecule has 0 aliphatic carbocycles. The Bertz CT molecular complexity index is 712. The smallest absolute Gasteiger partial charge is 0.240 e. The van der Waals surface area contributed by atoms with Crippen molar-refractivity contribution in [1.29, 1.82) is 0 Å². The zero-order valence-corrected chi connectivity index (χ0v) is 11.2. The summed E-state index contributed by atoms with van der Waals surface area (Å²) in [5.74, 6) is 0. The van der Waals surface area contributed by atoms with Crippen molar-refractivity contribution in [1.82, 2.24) is 0 Å². The van der Waals surface area contributed by atoms with Crippen LogP contribution in [-0.4, -0.2) is 8.42 Å². The molecule has 5 N–H and O–H groups in total. The number of benzene rings is 2. The van der Waals surface area contributed by atoms with Gasteiger partial charge >= 0.3 is 0 Å². The lowest BCUT2D eigenvalue weighted by Gasteiger charge is -2.10. The second kappa shape index (κ2) is 4.91. The van der Waals surface area contributed by atoms with Gasteiger partial charge in [0.1, 0.15) is 4.90 Å². The average molecular weight is 277 g/mol. The monoisotopic (exact) mass is 277 g/mol. The third-order valence-corrected chi connectivity index (χ3v) is 3.61. The van der Waals surface area contributed by atoms with E-state index < -0.39 is 10.0 Å². The number of anilines is 3. The molecule has 0 aliphatic heterocycles. The summed E-state index contributed by atoms with van der Waals surface area (Å²) in [5, 5.41) is 8.20. The van der Waals surface area contributed by atoms with Gasteiger partial charge in [-0.2, -0.15) is 0 Å². The van der Waals surface area contributed by atoms with Crippen LogP contribution in [0.2, 0.25) is 0 Å². The van der Waals surface area contributed by atoms with Gasteiger partial charge in [0.2, 0.25) is 10.0 Å². The van der Waals surface area contributed by atoms with Crippen molar-refractivity contribution >= 4 is 27.1 Å². The number of nitrogens with one attached hydrogen (secondary N) is 1. The fourth-order valence-electron chi connectivity index (χ4n) is 1.77. The van der Waals surface area contributed by atoms with Crippen LogP contribution in [-0.2, 0) is 10.0 Å². The van der Waals surface area contributed by atoms with E-state index in [1.54, 1.807) is 12.1 Å². The molecule has 0 fully saturated rings. The number of nitrogens with two attached hydrogens (primary N) is 2. The number of aryl methyl sites for hydroxylation is 1. The first kappa shape index (κ1) is 13.4. The first-order chi connectivity index (χ1) is 8.86. The predicted molar refractivity (Wildman–Crippen MR) is 76.7 cm³/mol. The standard InChI is InChI=1S/C13H15N3O2S/c1-9-3-2-4-10(7-9)16-11-5-6-13(12(14)8-11)19(15,17)18/h2-8,16H,14H2,1H3,(H2,15,17,18). The zero-order chi connectivity index (χ0) is 14.0. The van der Waals surface area contributed by atoms with Gasteiger partial charge in [-0.25, -0.2) is 13.6 Å². The van der Waals surface area contributed by atoms with Crippen molar-refractivity contribution < 1.29 is 8.42 Å². The molecule has 6 heteroatoms. The zero-order valence-electron chi connectivity index (χ0n) is 10.4. The quantitative estimate of drug-likeness (QED) is 0.747. The van der Waals surface area contributed by atoms with Crippen LogP contribution in [0, 0.1) is 6.92 Å². The van der Waals surface area contributed by atoms with Crippen molar-refractivity contribution in [3.63, 3.8) is 0 Å². The number of hydrogen-bond acceptors (Lipinski definition) is 4. The molecule has 5 nitrogen and oxygen atoms in total. The first-order valence-electron chi connectivity index (χ1n) is 5.62. The number of rotatable bonds is 3. The molecule has 0 unspecified atom stereocenters. The molecule has 2 rings (SSSR count). The van der Waals surface area contributed by atoms with Gasteiger partial charge in [0, 0.05) is 11.4 Å². The Morgan fingerprint density at radius 3 is 2.32 bits per heavy atom. The van der Waals surface area contributed by atoms with E-state index in [4.69, 9.17) is 10.9 Å². The average Bonchev–Trinajstić information content (AvgIpc) is 2.27. The van der Waals surface area contributed by atoms with Gasteiger partial charge in [-0.1, -0.05) is 12.1 Å². The van der Waals surface area contributed by atoms with E-state index in [-0.39, 0.29) is 10.6 Å². The van der Waals surface area contributed by atoms with Crippen LogP contribution >= 0.6 is 0 Å². The van der Waals surface area contributed by atoms with Crippen LogP contribution in [0.15, 0.2) is 47.4 Å². The molecule has 0 radical (unpaired) electrons. The minimum atomic E-state index is -3.78. The Balaban J connectivity index is 2.31. The largest absolute Gasteiger partial charge is 0.398 e. The van der Waals surface area contributed by atoms with Gasteiger partial charge in [0.05, 0.1) is 5.69 Å². The summed E-state index contributed by atoms with van der Waals surface area (Å²) in [6.45, 7) is 1.99. The molecule has 0 aromatic heterocycles. The van der Waals surface area contributed by atoms with Gasteiger partial charge < -0.3 is 11.1 Å². The Morgan fingerprint density at radius 1 is 1.05 bits per heavy atom. The van der Waals surface area contributed by atoms with E-state index in [1.165, 1.54) is 6.07 Å². The molecule has 2 aromatic rings. The third kappa shape index (κ3) is 3.24. The Hall–Kier alpha value is -2.05. The van der Waals surface area contributed by atoms with Crippen LogP contribution in [0.5, 0.6) is 0 Å². The van der Waals surface area contributed by atoms with Gasteiger partial charge in [0.25, 0.3) is 0 Å². The lowest BCUT2D eigenvalue weighted by molar-refractivity contribution is 0.598. The second-order valence-electron chi connectivity index (χ2n) is 4.29.